The number of carbonyl (C=O) groups excluding carboxylic acids is 1. The fraction of sp³-hybridized carbons (Fsp3) is 0.0667. The number of aryl methyl sites for hydroxylation is 1. The zero-order chi connectivity index (χ0) is 13.8. The summed E-state index contributed by atoms with van der Waals surface area (Å²) in [5.74, 6) is -0.478. The second-order valence-corrected chi connectivity index (χ2v) is 4.23. The number of nitrogens with zero attached hydrogens (tertiary/aromatic N) is 1. The molecule has 2 rings (SSSR count). The Kier molecular flexibility index (Phi) is 3.48. The zero-order valence-corrected chi connectivity index (χ0v) is 10.5. The number of hydrogen-bond donors (Lipinski definition) is 2. The zero-order valence-electron chi connectivity index (χ0n) is 10.5. The third-order valence-corrected chi connectivity index (χ3v) is 2.72. The van der Waals surface area contributed by atoms with E-state index in [1.165, 1.54) is 0 Å². The highest BCUT2D eigenvalue weighted by atomic mass is 16.1. The molecular weight excluding hydrogens is 238 g/mol. The number of amides is 1. The van der Waals surface area contributed by atoms with Gasteiger partial charge in [-0.2, -0.15) is 5.26 Å². The minimum atomic E-state index is -0.478. The van der Waals surface area contributed by atoms with Crippen molar-refractivity contribution in [2.75, 3.05) is 5.32 Å². The highest BCUT2D eigenvalue weighted by molar-refractivity contribution is 5.94. The van der Waals surface area contributed by atoms with Gasteiger partial charge >= 0.3 is 0 Å². The number of nitrogens with two attached hydrogens (primary N) is 1. The molecule has 0 aliphatic rings. The maximum absolute atomic E-state index is 11.1. The lowest BCUT2D eigenvalue weighted by molar-refractivity contribution is 0.100. The lowest BCUT2D eigenvalue weighted by atomic mass is 10.1. The van der Waals surface area contributed by atoms with Crippen LogP contribution in [0.1, 0.15) is 21.5 Å². The molecule has 0 aliphatic heterocycles. The Morgan fingerprint density at radius 2 is 2.05 bits per heavy atom. The van der Waals surface area contributed by atoms with Crippen molar-refractivity contribution >= 4 is 17.3 Å². The van der Waals surface area contributed by atoms with Crippen LogP contribution in [0.15, 0.2) is 42.5 Å². The first-order valence-electron chi connectivity index (χ1n) is 5.78. The van der Waals surface area contributed by atoms with Crippen LogP contribution in [-0.2, 0) is 0 Å². The second kappa shape index (κ2) is 5.23. The minimum absolute atomic E-state index is 0.427. The van der Waals surface area contributed by atoms with Gasteiger partial charge in [-0.25, -0.2) is 0 Å². The van der Waals surface area contributed by atoms with Crippen molar-refractivity contribution in [3.63, 3.8) is 0 Å². The van der Waals surface area contributed by atoms with Crippen LogP contribution < -0.4 is 11.1 Å². The molecule has 4 heteroatoms. The monoisotopic (exact) mass is 251 g/mol. The van der Waals surface area contributed by atoms with Crippen molar-refractivity contribution in [3.8, 4) is 6.07 Å². The summed E-state index contributed by atoms with van der Waals surface area (Å²) in [5.41, 5.74) is 8.70. The Labute approximate surface area is 111 Å². The molecule has 0 radical (unpaired) electrons. The average Bonchev–Trinajstić information content (AvgIpc) is 2.39. The number of nitrogens with one attached hydrogen (secondary N) is 1. The van der Waals surface area contributed by atoms with Gasteiger partial charge in [0.15, 0.2) is 0 Å². The summed E-state index contributed by atoms with van der Waals surface area (Å²) in [6.07, 6.45) is 0. The number of hydrogen-bond acceptors (Lipinski definition) is 3. The van der Waals surface area contributed by atoms with Crippen LogP contribution in [0.5, 0.6) is 0 Å². The van der Waals surface area contributed by atoms with Gasteiger partial charge in [0, 0.05) is 11.3 Å². The molecule has 2 aromatic rings. The fourth-order valence-corrected chi connectivity index (χ4v) is 1.76. The molecule has 94 valence electrons. The third kappa shape index (κ3) is 2.90. The predicted molar refractivity (Wildman–Crippen MR) is 74.1 cm³/mol. The molecule has 4 nitrogen and oxygen atoms in total. The molecule has 0 aromatic heterocycles. The summed E-state index contributed by atoms with van der Waals surface area (Å²) in [6.45, 7) is 1.95. The maximum Gasteiger partial charge on any atom is 0.248 e. The third-order valence-electron chi connectivity index (χ3n) is 2.72. The molecule has 0 bridgehead atoms. The van der Waals surface area contributed by atoms with E-state index in [-0.39, 0.29) is 0 Å². The Morgan fingerprint density at radius 3 is 2.74 bits per heavy atom. The van der Waals surface area contributed by atoms with Crippen LogP contribution in [-0.4, -0.2) is 5.91 Å². The van der Waals surface area contributed by atoms with E-state index in [2.05, 4.69) is 11.4 Å². The first-order valence-corrected chi connectivity index (χ1v) is 5.78. The number of rotatable bonds is 3. The summed E-state index contributed by atoms with van der Waals surface area (Å²) < 4.78 is 0. The van der Waals surface area contributed by atoms with Gasteiger partial charge in [0.1, 0.15) is 6.07 Å². The minimum Gasteiger partial charge on any atom is -0.366 e. The van der Waals surface area contributed by atoms with Gasteiger partial charge in [-0.3, -0.25) is 4.79 Å². The Bertz CT molecular complexity index is 671. The van der Waals surface area contributed by atoms with E-state index in [9.17, 15) is 4.79 Å². The molecule has 0 spiro atoms. The molecule has 0 fully saturated rings. The Balaban J connectivity index is 2.36. The van der Waals surface area contributed by atoms with Gasteiger partial charge in [0.25, 0.3) is 0 Å². The lowest BCUT2D eigenvalue weighted by Gasteiger charge is -2.09. The molecule has 0 aliphatic carbocycles. The van der Waals surface area contributed by atoms with Crippen molar-refractivity contribution in [2.24, 2.45) is 5.73 Å². The Morgan fingerprint density at radius 1 is 1.26 bits per heavy atom. The van der Waals surface area contributed by atoms with Crippen LogP contribution >= 0.6 is 0 Å². The number of anilines is 2. The Hall–Kier alpha value is -2.80. The van der Waals surface area contributed by atoms with E-state index >= 15 is 0 Å². The normalized spacial score (nSPS) is 9.68. The molecule has 0 unspecified atom stereocenters. The smallest absolute Gasteiger partial charge is 0.248 e. The summed E-state index contributed by atoms with van der Waals surface area (Å²) in [6, 6.07) is 14.5. The second-order valence-electron chi connectivity index (χ2n) is 4.23. The average molecular weight is 251 g/mol. The van der Waals surface area contributed by atoms with E-state index in [0.717, 1.165) is 11.3 Å². The van der Waals surface area contributed by atoms with E-state index in [1.807, 2.05) is 25.1 Å². The molecular formula is C15H13N3O. The van der Waals surface area contributed by atoms with Gasteiger partial charge < -0.3 is 11.1 Å². The van der Waals surface area contributed by atoms with E-state index < -0.39 is 5.91 Å². The van der Waals surface area contributed by atoms with Crippen LogP contribution in [0.4, 0.5) is 11.4 Å². The summed E-state index contributed by atoms with van der Waals surface area (Å²) in [5, 5.41) is 12.2. The largest absolute Gasteiger partial charge is 0.366 e. The molecule has 0 heterocycles. The van der Waals surface area contributed by atoms with Crippen LogP contribution in [0.25, 0.3) is 0 Å². The first-order chi connectivity index (χ1) is 9.10. The number of carbonyl (C=O) groups is 1. The fourth-order valence-electron chi connectivity index (χ4n) is 1.76. The maximum atomic E-state index is 11.1. The van der Waals surface area contributed by atoms with Gasteiger partial charge in [-0.1, -0.05) is 12.1 Å². The van der Waals surface area contributed by atoms with Gasteiger partial charge in [-0.15, -0.1) is 0 Å². The number of primary amides is 1. The molecule has 3 N–H and O–H groups in total. The molecule has 19 heavy (non-hydrogen) atoms. The van der Waals surface area contributed by atoms with Crippen molar-refractivity contribution in [3.05, 3.63) is 59.2 Å². The topological polar surface area (TPSA) is 78.9 Å². The number of benzene rings is 2. The van der Waals surface area contributed by atoms with Gasteiger partial charge in [-0.05, 0) is 42.8 Å². The van der Waals surface area contributed by atoms with Crippen LogP contribution in [0.2, 0.25) is 0 Å². The van der Waals surface area contributed by atoms with Crippen molar-refractivity contribution < 1.29 is 4.79 Å². The van der Waals surface area contributed by atoms with E-state index in [1.54, 1.807) is 24.3 Å². The summed E-state index contributed by atoms with van der Waals surface area (Å²) in [4.78, 5) is 11.1. The van der Waals surface area contributed by atoms with Crippen molar-refractivity contribution in [1.29, 1.82) is 5.26 Å². The van der Waals surface area contributed by atoms with E-state index in [4.69, 9.17) is 11.0 Å². The van der Waals surface area contributed by atoms with Crippen LogP contribution in [0.3, 0.4) is 0 Å². The van der Waals surface area contributed by atoms with Crippen molar-refractivity contribution in [2.45, 2.75) is 6.92 Å². The highest BCUT2D eigenvalue weighted by Gasteiger charge is 2.05. The molecule has 2 aromatic carbocycles. The summed E-state index contributed by atoms with van der Waals surface area (Å²) in [7, 11) is 0. The predicted octanol–water partition coefficient (Wildman–Crippen LogP) is 2.71. The van der Waals surface area contributed by atoms with Crippen LogP contribution in [0, 0.1) is 18.3 Å². The quantitative estimate of drug-likeness (QED) is 0.880. The SMILES string of the molecule is Cc1ccc(C#N)c(Nc2cccc(C(N)=O)c2)c1. The van der Waals surface area contributed by atoms with E-state index in [0.29, 0.717) is 16.8 Å². The summed E-state index contributed by atoms with van der Waals surface area (Å²) >= 11 is 0. The van der Waals surface area contributed by atoms with Gasteiger partial charge in [0.2, 0.25) is 5.91 Å². The molecule has 0 saturated carbocycles. The standard InChI is InChI=1S/C15H13N3O/c1-10-5-6-12(9-16)14(7-10)18-13-4-2-3-11(8-13)15(17)19/h2-8,18H,1H3,(H2,17,19). The highest BCUT2D eigenvalue weighted by Crippen LogP contribution is 2.22. The molecule has 0 atom stereocenters. The van der Waals surface area contributed by atoms with Gasteiger partial charge in [0.05, 0.1) is 11.3 Å². The number of nitriles is 1. The molecule has 0 saturated heterocycles. The lowest BCUT2D eigenvalue weighted by Crippen LogP contribution is -2.10. The first kappa shape index (κ1) is 12.7. The molecule has 1 amide bonds. The van der Waals surface area contributed by atoms with Crippen molar-refractivity contribution in [1.82, 2.24) is 0 Å².